The molecule has 0 radical (unpaired) electrons. The van der Waals surface area contributed by atoms with Crippen LogP contribution in [0.1, 0.15) is 32.8 Å². The van der Waals surface area contributed by atoms with E-state index in [1.807, 2.05) is 6.92 Å². The van der Waals surface area contributed by atoms with Gasteiger partial charge < -0.3 is 18.9 Å². The highest BCUT2D eigenvalue weighted by Gasteiger charge is 2.37. The first-order chi connectivity index (χ1) is 15.2. The van der Waals surface area contributed by atoms with Crippen LogP contribution in [0.15, 0.2) is 17.0 Å². The third kappa shape index (κ3) is 6.64. The summed E-state index contributed by atoms with van der Waals surface area (Å²) in [5.41, 5.74) is 0.469. The van der Waals surface area contributed by atoms with Crippen LogP contribution in [-0.2, 0) is 23.9 Å². The zero-order valence-electron chi connectivity index (χ0n) is 18.1. The van der Waals surface area contributed by atoms with Crippen molar-refractivity contribution in [3.63, 3.8) is 0 Å². The number of carbonyl (C=O) groups is 4. The van der Waals surface area contributed by atoms with Crippen molar-refractivity contribution in [2.24, 2.45) is 0 Å². The Morgan fingerprint density at radius 3 is 2.53 bits per heavy atom. The second-order valence-electron chi connectivity index (χ2n) is 6.60. The van der Waals surface area contributed by atoms with Crippen molar-refractivity contribution in [3.05, 3.63) is 27.6 Å². The number of carbonyl (C=O) groups excluding carboxylic acids is 4. The van der Waals surface area contributed by atoms with Crippen LogP contribution < -0.4 is 9.47 Å². The molecular weight excluding hydrogens is 462 g/mol. The van der Waals surface area contributed by atoms with Gasteiger partial charge in [0.1, 0.15) is 6.54 Å². The summed E-state index contributed by atoms with van der Waals surface area (Å²) >= 11 is 6.99. The Kier molecular flexibility index (Phi) is 9.40. The standard InChI is InChI=1S/C21H24ClNO8S/c1-5-12(3)31-17(24)10-23-20(26)16(32-21(23)27)9-13-7-14(22)19(15(8-13)29-6-2)30-11-18(25)28-4/h7-9,12H,5-6,10-11H2,1-4H3/b16-9-/t12-/m1/s1. The molecule has 1 aliphatic heterocycles. The maximum Gasteiger partial charge on any atom is 0.343 e. The van der Waals surface area contributed by atoms with Crippen LogP contribution in [0.2, 0.25) is 5.02 Å². The van der Waals surface area contributed by atoms with Gasteiger partial charge in [-0.05, 0) is 55.8 Å². The molecule has 0 bridgehead atoms. The van der Waals surface area contributed by atoms with E-state index < -0.39 is 29.6 Å². The van der Waals surface area contributed by atoms with Crippen LogP contribution in [0.5, 0.6) is 11.5 Å². The van der Waals surface area contributed by atoms with Crippen molar-refractivity contribution in [3.8, 4) is 11.5 Å². The first-order valence-electron chi connectivity index (χ1n) is 9.80. The number of thioether (sulfide) groups is 1. The summed E-state index contributed by atoms with van der Waals surface area (Å²) < 4.78 is 20.6. The summed E-state index contributed by atoms with van der Waals surface area (Å²) in [6, 6.07) is 3.06. The number of imide groups is 1. The van der Waals surface area contributed by atoms with Crippen molar-refractivity contribution in [1.29, 1.82) is 0 Å². The van der Waals surface area contributed by atoms with Crippen molar-refractivity contribution >= 4 is 52.5 Å². The van der Waals surface area contributed by atoms with Crippen LogP contribution >= 0.6 is 23.4 Å². The summed E-state index contributed by atoms with van der Waals surface area (Å²) in [5.74, 6) is -1.45. The molecule has 0 aromatic heterocycles. The third-order valence-electron chi connectivity index (χ3n) is 4.26. The second kappa shape index (κ2) is 11.8. The molecule has 0 unspecified atom stereocenters. The van der Waals surface area contributed by atoms with Gasteiger partial charge in [-0.15, -0.1) is 0 Å². The molecule has 1 fully saturated rings. The summed E-state index contributed by atoms with van der Waals surface area (Å²) in [7, 11) is 1.23. The Hall–Kier alpha value is -2.72. The largest absolute Gasteiger partial charge is 0.490 e. The number of hydrogen-bond acceptors (Lipinski definition) is 9. The molecule has 1 aromatic rings. The van der Waals surface area contributed by atoms with Gasteiger partial charge in [-0.1, -0.05) is 18.5 Å². The molecule has 1 saturated heterocycles. The van der Waals surface area contributed by atoms with Gasteiger partial charge in [0, 0.05) is 0 Å². The number of nitrogens with zero attached hydrogens (tertiary/aromatic N) is 1. The Bertz CT molecular complexity index is 933. The molecule has 1 atom stereocenters. The van der Waals surface area contributed by atoms with Gasteiger partial charge >= 0.3 is 11.9 Å². The Morgan fingerprint density at radius 2 is 1.91 bits per heavy atom. The minimum absolute atomic E-state index is 0.119. The molecule has 0 saturated carbocycles. The van der Waals surface area contributed by atoms with Crippen LogP contribution in [0, 0.1) is 0 Å². The Balaban J connectivity index is 2.23. The number of esters is 2. The highest BCUT2D eigenvalue weighted by molar-refractivity contribution is 8.18. The van der Waals surface area contributed by atoms with Gasteiger partial charge in [0.25, 0.3) is 11.1 Å². The molecule has 1 heterocycles. The zero-order valence-corrected chi connectivity index (χ0v) is 19.7. The van der Waals surface area contributed by atoms with Gasteiger partial charge in [0.15, 0.2) is 18.1 Å². The lowest BCUT2D eigenvalue weighted by Gasteiger charge is -2.15. The van der Waals surface area contributed by atoms with Crippen LogP contribution in [0.25, 0.3) is 6.08 Å². The van der Waals surface area contributed by atoms with Crippen LogP contribution in [0.3, 0.4) is 0 Å². The summed E-state index contributed by atoms with van der Waals surface area (Å²) in [5, 5.41) is -0.432. The summed E-state index contributed by atoms with van der Waals surface area (Å²) in [6.45, 7) is 4.81. The molecule has 32 heavy (non-hydrogen) atoms. The topological polar surface area (TPSA) is 108 Å². The number of halogens is 1. The highest BCUT2D eigenvalue weighted by Crippen LogP contribution is 2.39. The fourth-order valence-electron chi connectivity index (χ4n) is 2.53. The maximum atomic E-state index is 12.7. The van der Waals surface area contributed by atoms with Gasteiger partial charge in [-0.2, -0.15) is 0 Å². The number of methoxy groups -OCH3 is 1. The molecule has 1 aliphatic rings. The molecule has 2 amide bonds. The van der Waals surface area contributed by atoms with Crippen molar-refractivity contribution in [2.45, 2.75) is 33.3 Å². The summed E-state index contributed by atoms with van der Waals surface area (Å²) in [4.78, 5) is 49.2. The maximum absolute atomic E-state index is 12.7. The quantitative estimate of drug-likeness (QED) is 0.362. The Morgan fingerprint density at radius 1 is 1.19 bits per heavy atom. The van der Waals surface area contributed by atoms with Crippen molar-refractivity contribution < 1.29 is 38.1 Å². The smallest absolute Gasteiger partial charge is 0.343 e. The van der Waals surface area contributed by atoms with E-state index in [1.54, 1.807) is 19.9 Å². The van der Waals surface area contributed by atoms with Crippen molar-refractivity contribution in [2.75, 3.05) is 26.9 Å². The molecule has 9 nitrogen and oxygen atoms in total. The van der Waals surface area contributed by atoms with E-state index in [2.05, 4.69) is 4.74 Å². The molecule has 11 heteroatoms. The first kappa shape index (κ1) is 25.5. The predicted octanol–water partition coefficient (Wildman–Crippen LogP) is 3.67. The lowest BCUT2D eigenvalue weighted by atomic mass is 10.1. The lowest BCUT2D eigenvalue weighted by molar-refractivity contribution is -0.150. The SMILES string of the molecule is CCOc1cc(/C=C2\SC(=O)N(CC(=O)O[C@H](C)CC)C2=O)cc(Cl)c1OCC(=O)OC. The lowest BCUT2D eigenvalue weighted by Crippen LogP contribution is -2.35. The summed E-state index contributed by atoms with van der Waals surface area (Å²) in [6.07, 6.45) is 1.77. The molecule has 0 N–H and O–H groups in total. The molecular formula is C21H24ClNO8S. The zero-order chi connectivity index (χ0) is 23.8. The van der Waals surface area contributed by atoms with E-state index in [-0.39, 0.29) is 34.1 Å². The fraction of sp³-hybridized carbons (Fsp3) is 0.429. The number of benzene rings is 1. The average molecular weight is 486 g/mol. The fourth-order valence-corrected chi connectivity index (χ4v) is 3.64. The minimum Gasteiger partial charge on any atom is -0.490 e. The molecule has 1 aromatic carbocycles. The van der Waals surface area contributed by atoms with Gasteiger partial charge in [0.2, 0.25) is 0 Å². The van der Waals surface area contributed by atoms with Crippen LogP contribution in [-0.4, -0.2) is 61.0 Å². The normalized spacial score (nSPS) is 15.7. The average Bonchev–Trinajstić information content (AvgIpc) is 3.00. The molecule has 0 spiro atoms. The van der Waals surface area contributed by atoms with E-state index in [0.717, 1.165) is 4.90 Å². The van der Waals surface area contributed by atoms with E-state index in [1.165, 1.54) is 19.3 Å². The number of amides is 2. The highest BCUT2D eigenvalue weighted by atomic mass is 35.5. The third-order valence-corrected chi connectivity index (χ3v) is 5.45. The molecule has 2 rings (SSSR count). The molecule has 174 valence electrons. The molecule has 0 aliphatic carbocycles. The monoisotopic (exact) mass is 485 g/mol. The second-order valence-corrected chi connectivity index (χ2v) is 8.00. The van der Waals surface area contributed by atoms with Gasteiger partial charge in [0.05, 0.1) is 29.7 Å². The van der Waals surface area contributed by atoms with E-state index in [4.69, 9.17) is 25.8 Å². The van der Waals surface area contributed by atoms with Gasteiger partial charge in [-0.3, -0.25) is 19.3 Å². The van der Waals surface area contributed by atoms with E-state index >= 15 is 0 Å². The number of hydrogen-bond donors (Lipinski definition) is 0. The van der Waals surface area contributed by atoms with E-state index in [0.29, 0.717) is 30.4 Å². The van der Waals surface area contributed by atoms with Crippen LogP contribution in [0.4, 0.5) is 4.79 Å². The number of rotatable bonds is 10. The predicted molar refractivity (Wildman–Crippen MR) is 119 cm³/mol. The first-order valence-corrected chi connectivity index (χ1v) is 11.0. The Labute approximate surface area is 194 Å². The minimum atomic E-state index is -0.656. The van der Waals surface area contributed by atoms with Crippen molar-refractivity contribution in [1.82, 2.24) is 4.90 Å². The number of ether oxygens (including phenoxy) is 4. The van der Waals surface area contributed by atoms with Gasteiger partial charge in [-0.25, -0.2) is 4.79 Å². The van der Waals surface area contributed by atoms with E-state index in [9.17, 15) is 19.2 Å².